The fourth-order valence-corrected chi connectivity index (χ4v) is 5.78. The van der Waals surface area contributed by atoms with E-state index in [4.69, 9.17) is 0 Å². The van der Waals surface area contributed by atoms with E-state index in [1.165, 1.54) is 44.9 Å². The lowest BCUT2D eigenvalue weighted by molar-refractivity contribution is 0.162. The number of thiazole rings is 1. The second-order valence-corrected chi connectivity index (χ2v) is 8.55. The molecule has 0 radical (unpaired) electrons. The number of H-pyrrole nitrogens is 1. The van der Waals surface area contributed by atoms with Gasteiger partial charge in [0.25, 0.3) is 0 Å². The first-order chi connectivity index (χ1) is 12.1. The summed E-state index contributed by atoms with van der Waals surface area (Å²) < 4.78 is 0.651. The number of aromatic amines is 1. The van der Waals surface area contributed by atoms with Crippen molar-refractivity contribution in [2.45, 2.75) is 57.1 Å². The standard InChI is InChI=1S/C19H26N2O3S/c22-15-9-8-13(18-17(15)21-19(24)25-18)16(23)10-20-14-7-3-6-12(14)11-4-1-2-5-11/h8-9,11-12,14,16,20,22-23H,1-7,10H2,(H,21,24)/t12-,14-,16-/m0/s1. The maximum atomic E-state index is 11.6. The Balaban J connectivity index is 1.46. The minimum Gasteiger partial charge on any atom is -0.506 e. The molecule has 5 nitrogen and oxygen atoms in total. The molecule has 0 amide bonds. The van der Waals surface area contributed by atoms with Crippen LogP contribution in [0.25, 0.3) is 10.2 Å². The summed E-state index contributed by atoms with van der Waals surface area (Å²) in [5.41, 5.74) is 1.13. The zero-order valence-corrected chi connectivity index (χ0v) is 15.1. The first-order valence-electron chi connectivity index (χ1n) is 9.39. The molecule has 0 spiro atoms. The molecule has 2 aromatic rings. The number of fused-ring (bicyclic) bond motifs is 1. The minimum atomic E-state index is -0.681. The summed E-state index contributed by atoms with van der Waals surface area (Å²) in [7, 11) is 0. The molecule has 2 saturated carbocycles. The Labute approximate surface area is 151 Å². The maximum absolute atomic E-state index is 11.6. The second-order valence-electron chi connectivity index (χ2n) is 7.56. The molecule has 4 rings (SSSR count). The molecule has 0 bridgehead atoms. The summed E-state index contributed by atoms with van der Waals surface area (Å²) in [6.07, 6.45) is 8.56. The first-order valence-corrected chi connectivity index (χ1v) is 10.2. The maximum Gasteiger partial charge on any atom is 0.305 e. The number of benzene rings is 1. The van der Waals surface area contributed by atoms with Crippen LogP contribution in [0.1, 0.15) is 56.6 Å². The van der Waals surface area contributed by atoms with Gasteiger partial charge in [0.2, 0.25) is 0 Å². The van der Waals surface area contributed by atoms with Crippen LogP contribution in [0.3, 0.4) is 0 Å². The predicted molar refractivity (Wildman–Crippen MR) is 100 cm³/mol. The van der Waals surface area contributed by atoms with Gasteiger partial charge in [0.1, 0.15) is 11.3 Å². The molecule has 0 unspecified atom stereocenters. The summed E-state index contributed by atoms with van der Waals surface area (Å²) in [6.45, 7) is 0.486. The molecule has 6 heteroatoms. The van der Waals surface area contributed by atoms with Crippen molar-refractivity contribution in [1.82, 2.24) is 10.3 Å². The number of aromatic nitrogens is 1. The molecule has 1 heterocycles. The van der Waals surface area contributed by atoms with Crippen molar-refractivity contribution < 1.29 is 10.2 Å². The van der Waals surface area contributed by atoms with E-state index in [0.717, 1.165) is 23.2 Å². The van der Waals surface area contributed by atoms with E-state index in [2.05, 4.69) is 10.3 Å². The number of phenols is 1. The first kappa shape index (κ1) is 17.1. The smallest absolute Gasteiger partial charge is 0.305 e. The predicted octanol–water partition coefficient (Wildman–Crippen LogP) is 3.28. The normalized spacial score (nSPS) is 25.8. The van der Waals surface area contributed by atoms with Crippen molar-refractivity contribution in [3.8, 4) is 5.75 Å². The zero-order chi connectivity index (χ0) is 17.4. The van der Waals surface area contributed by atoms with E-state index in [1.54, 1.807) is 12.1 Å². The van der Waals surface area contributed by atoms with Crippen molar-refractivity contribution in [1.29, 1.82) is 0 Å². The van der Waals surface area contributed by atoms with Gasteiger partial charge in [-0.05, 0) is 30.7 Å². The van der Waals surface area contributed by atoms with E-state index in [0.29, 0.717) is 28.4 Å². The third-order valence-electron chi connectivity index (χ3n) is 6.10. The quantitative estimate of drug-likeness (QED) is 0.658. The molecule has 1 aromatic carbocycles. The average Bonchev–Trinajstić information content (AvgIpc) is 3.32. The topological polar surface area (TPSA) is 85.4 Å². The molecule has 25 heavy (non-hydrogen) atoms. The number of hydrogen-bond donors (Lipinski definition) is 4. The van der Waals surface area contributed by atoms with Crippen LogP contribution < -0.4 is 10.2 Å². The van der Waals surface area contributed by atoms with Crippen molar-refractivity contribution in [3.05, 3.63) is 27.4 Å². The van der Waals surface area contributed by atoms with E-state index < -0.39 is 6.10 Å². The molecule has 2 fully saturated rings. The number of hydrogen-bond acceptors (Lipinski definition) is 5. The fourth-order valence-electron chi connectivity index (χ4n) is 4.87. The van der Waals surface area contributed by atoms with Crippen molar-refractivity contribution >= 4 is 21.6 Å². The minimum absolute atomic E-state index is 0.0503. The summed E-state index contributed by atoms with van der Waals surface area (Å²) in [5, 5.41) is 24.2. The number of aromatic hydroxyl groups is 1. The van der Waals surface area contributed by atoms with Gasteiger partial charge in [0.05, 0.1) is 10.8 Å². The Morgan fingerprint density at radius 2 is 2.00 bits per heavy atom. The second kappa shape index (κ2) is 7.09. The van der Waals surface area contributed by atoms with Gasteiger partial charge in [-0.15, -0.1) is 0 Å². The van der Waals surface area contributed by atoms with Gasteiger partial charge >= 0.3 is 4.87 Å². The van der Waals surface area contributed by atoms with Crippen LogP contribution in [0.2, 0.25) is 0 Å². The van der Waals surface area contributed by atoms with Crippen LogP contribution in [-0.4, -0.2) is 27.8 Å². The van der Waals surface area contributed by atoms with Gasteiger partial charge in [-0.25, -0.2) is 0 Å². The number of aliphatic hydroxyl groups excluding tert-OH is 1. The third-order valence-corrected chi connectivity index (χ3v) is 7.03. The highest BCUT2D eigenvalue weighted by molar-refractivity contribution is 7.16. The number of phenolic OH excluding ortho intramolecular Hbond substituents is 1. The summed E-state index contributed by atoms with van der Waals surface area (Å²) in [4.78, 5) is 14.1. The lowest BCUT2D eigenvalue weighted by Crippen LogP contribution is -2.37. The highest BCUT2D eigenvalue weighted by Gasteiger charge is 2.35. The lowest BCUT2D eigenvalue weighted by atomic mass is 9.86. The Morgan fingerprint density at radius 1 is 1.20 bits per heavy atom. The largest absolute Gasteiger partial charge is 0.506 e. The Kier molecular flexibility index (Phi) is 4.84. The van der Waals surface area contributed by atoms with Crippen LogP contribution in [-0.2, 0) is 0 Å². The van der Waals surface area contributed by atoms with Gasteiger partial charge < -0.3 is 20.5 Å². The molecule has 1 aromatic heterocycles. The van der Waals surface area contributed by atoms with Gasteiger partial charge in [-0.1, -0.05) is 49.5 Å². The van der Waals surface area contributed by atoms with Crippen LogP contribution in [0, 0.1) is 11.8 Å². The molecule has 3 atom stereocenters. The Bertz CT molecular complexity index is 794. The Morgan fingerprint density at radius 3 is 2.80 bits per heavy atom. The number of aliphatic hydroxyl groups is 1. The van der Waals surface area contributed by atoms with E-state index >= 15 is 0 Å². The van der Waals surface area contributed by atoms with E-state index in [9.17, 15) is 15.0 Å². The van der Waals surface area contributed by atoms with Gasteiger partial charge in [0.15, 0.2) is 0 Å². The molecule has 0 aliphatic heterocycles. The monoisotopic (exact) mass is 362 g/mol. The molecule has 0 saturated heterocycles. The van der Waals surface area contributed by atoms with Crippen LogP contribution in [0.15, 0.2) is 16.9 Å². The summed E-state index contributed by atoms with van der Waals surface area (Å²) >= 11 is 1.04. The van der Waals surface area contributed by atoms with Gasteiger partial charge in [-0.3, -0.25) is 4.79 Å². The van der Waals surface area contributed by atoms with E-state index in [-0.39, 0.29) is 10.6 Å². The molecule has 136 valence electrons. The molecule has 2 aliphatic rings. The number of nitrogens with one attached hydrogen (secondary N) is 2. The Hall–Kier alpha value is -1.37. The lowest BCUT2D eigenvalue weighted by Gasteiger charge is -2.27. The summed E-state index contributed by atoms with van der Waals surface area (Å²) in [5.74, 6) is 1.65. The molecule has 4 N–H and O–H groups in total. The number of rotatable bonds is 5. The van der Waals surface area contributed by atoms with Crippen LogP contribution >= 0.6 is 11.3 Å². The van der Waals surface area contributed by atoms with E-state index in [1.807, 2.05) is 0 Å². The zero-order valence-electron chi connectivity index (χ0n) is 14.3. The van der Waals surface area contributed by atoms with Gasteiger partial charge in [-0.2, -0.15) is 0 Å². The van der Waals surface area contributed by atoms with Gasteiger partial charge in [0, 0.05) is 18.2 Å². The van der Waals surface area contributed by atoms with Crippen molar-refractivity contribution in [3.63, 3.8) is 0 Å². The SMILES string of the molecule is O=c1[nH]c2c(O)ccc([C@@H](O)CN[C@H]3CCC[C@H]3C3CCCC3)c2s1. The molecular weight excluding hydrogens is 336 g/mol. The highest BCUT2D eigenvalue weighted by Crippen LogP contribution is 2.40. The summed E-state index contributed by atoms with van der Waals surface area (Å²) in [6, 6.07) is 3.76. The van der Waals surface area contributed by atoms with Crippen LogP contribution in [0.4, 0.5) is 0 Å². The average molecular weight is 362 g/mol. The molecular formula is C19H26N2O3S. The third kappa shape index (κ3) is 3.35. The van der Waals surface area contributed by atoms with Crippen molar-refractivity contribution in [2.75, 3.05) is 6.54 Å². The van der Waals surface area contributed by atoms with Crippen molar-refractivity contribution in [2.24, 2.45) is 11.8 Å². The highest BCUT2D eigenvalue weighted by atomic mass is 32.1. The molecule has 2 aliphatic carbocycles. The fraction of sp³-hybridized carbons (Fsp3) is 0.632. The van der Waals surface area contributed by atoms with Crippen LogP contribution in [0.5, 0.6) is 5.75 Å².